The van der Waals surface area contributed by atoms with Crippen LogP contribution in [0.15, 0.2) is 24.3 Å². The molecule has 1 aromatic rings. The van der Waals surface area contributed by atoms with E-state index >= 15 is 0 Å². The molecule has 0 atom stereocenters. The van der Waals surface area contributed by atoms with Crippen molar-refractivity contribution in [3.05, 3.63) is 24.3 Å². The number of halogens is 1. The van der Waals surface area contributed by atoms with Gasteiger partial charge in [0, 0.05) is 0 Å². The lowest BCUT2D eigenvalue weighted by molar-refractivity contribution is -0.00000638. The van der Waals surface area contributed by atoms with Gasteiger partial charge in [-0.25, -0.2) is 0 Å². The highest BCUT2D eigenvalue weighted by atomic mass is 127. The summed E-state index contributed by atoms with van der Waals surface area (Å²) in [6.45, 7) is 9.78. The summed E-state index contributed by atoms with van der Waals surface area (Å²) in [5.41, 5.74) is 0. The van der Waals surface area contributed by atoms with Crippen molar-refractivity contribution in [3.63, 3.8) is 0 Å². The van der Waals surface area contributed by atoms with E-state index < -0.39 is 7.56 Å². The van der Waals surface area contributed by atoms with Crippen LogP contribution in [0.25, 0.3) is 0 Å². The van der Waals surface area contributed by atoms with Crippen molar-refractivity contribution in [3.8, 4) is 5.75 Å². The SMILES string of the molecule is COc1ccc([P+](C)(N2CCOCC2)N2CCOCC2)cc1.[I-]. The van der Waals surface area contributed by atoms with Crippen molar-refractivity contribution >= 4 is 12.9 Å². The lowest BCUT2D eigenvalue weighted by Crippen LogP contribution is -3.00. The van der Waals surface area contributed by atoms with E-state index in [0.717, 1.165) is 58.4 Å². The Bertz CT molecular complexity index is 459. The summed E-state index contributed by atoms with van der Waals surface area (Å²) >= 11 is 0. The molecule has 0 saturated carbocycles. The standard InChI is InChI=1S/C16H26N2O3P.HI/c1-19-15-3-5-16(6-4-15)22(2,17-7-11-20-12-8-17)18-9-13-21-14-10-18;/h3-6H,7-14H2,1-2H3;1H/q+1;/p-1. The Morgan fingerprint density at radius 2 is 1.30 bits per heavy atom. The zero-order chi connectivity index (χ0) is 15.4. The van der Waals surface area contributed by atoms with Crippen molar-refractivity contribution in [2.45, 2.75) is 0 Å². The van der Waals surface area contributed by atoms with Crippen LogP contribution in [-0.2, 0) is 9.47 Å². The first-order chi connectivity index (χ1) is 10.7. The Balaban J connectivity index is 0.00000192. The van der Waals surface area contributed by atoms with E-state index in [-0.39, 0.29) is 24.0 Å². The van der Waals surface area contributed by atoms with Gasteiger partial charge in [0.05, 0.1) is 66.4 Å². The quantitative estimate of drug-likeness (QED) is 0.409. The highest BCUT2D eigenvalue weighted by Crippen LogP contribution is 2.60. The van der Waals surface area contributed by atoms with E-state index in [9.17, 15) is 0 Å². The second kappa shape index (κ2) is 8.92. The fourth-order valence-corrected chi connectivity index (χ4v) is 6.87. The number of benzene rings is 1. The lowest BCUT2D eigenvalue weighted by Gasteiger charge is -2.43. The van der Waals surface area contributed by atoms with Gasteiger partial charge >= 0.3 is 0 Å². The number of hydrogen-bond acceptors (Lipinski definition) is 5. The minimum Gasteiger partial charge on any atom is -1.00 e. The number of morpholine rings is 2. The van der Waals surface area contributed by atoms with Gasteiger partial charge in [0.2, 0.25) is 0 Å². The molecule has 2 aliphatic rings. The second-order valence-corrected chi connectivity index (χ2v) is 9.22. The molecule has 0 radical (unpaired) electrons. The van der Waals surface area contributed by atoms with Gasteiger partial charge < -0.3 is 38.2 Å². The van der Waals surface area contributed by atoms with Gasteiger partial charge in [-0.3, -0.25) is 0 Å². The molecule has 2 heterocycles. The maximum absolute atomic E-state index is 5.57. The Hall–Kier alpha value is 0.0200. The Labute approximate surface area is 156 Å². The molecular formula is C16H26IN2O3P. The maximum Gasteiger partial charge on any atom is 0.183 e. The normalized spacial score (nSPS) is 20.8. The fraction of sp³-hybridized carbons (Fsp3) is 0.625. The first kappa shape index (κ1) is 19.3. The molecule has 2 fully saturated rings. The predicted octanol–water partition coefficient (Wildman–Crippen LogP) is -1.53. The van der Waals surface area contributed by atoms with E-state index in [1.807, 2.05) is 0 Å². The van der Waals surface area contributed by atoms with Crippen LogP contribution in [0.3, 0.4) is 0 Å². The van der Waals surface area contributed by atoms with Gasteiger partial charge in [-0.15, -0.1) is 0 Å². The first-order valence-corrected chi connectivity index (χ1v) is 10.1. The van der Waals surface area contributed by atoms with Crippen LogP contribution < -0.4 is 34.0 Å². The molecule has 0 aromatic heterocycles. The first-order valence-electron chi connectivity index (χ1n) is 7.92. The zero-order valence-electron chi connectivity index (χ0n) is 13.9. The highest BCUT2D eigenvalue weighted by molar-refractivity contribution is 7.78. The molecule has 0 bridgehead atoms. The van der Waals surface area contributed by atoms with Crippen molar-refractivity contribution in [1.82, 2.24) is 9.34 Å². The summed E-state index contributed by atoms with van der Waals surface area (Å²) in [4.78, 5) is 0. The summed E-state index contributed by atoms with van der Waals surface area (Å²) in [6.07, 6.45) is 0. The predicted molar refractivity (Wildman–Crippen MR) is 90.3 cm³/mol. The van der Waals surface area contributed by atoms with Crippen LogP contribution in [0.4, 0.5) is 0 Å². The van der Waals surface area contributed by atoms with Crippen LogP contribution in [0, 0.1) is 0 Å². The molecule has 7 heteroatoms. The van der Waals surface area contributed by atoms with Crippen LogP contribution in [0.2, 0.25) is 0 Å². The van der Waals surface area contributed by atoms with Crippen molar-refractivity contribution in [2.75, 3.05) is 66.4 Å². The molecule has 0 N–H and O–H groups in total. The second-order valence-electron chi connectivity index (χ2n) is 5.74. The van der Waals surface area contributed by atoms with Gasteiger partial charge in [-0.05, 0) is 24.3 Å². The summed E-state index contributed by atoms with van der Waals surface area (Å²) in [5, 5.41) is 1.41. The van der Waals surface area contributed by atoms with Crippen molar-refractivity contribution in [2.24, 2.45) is 0 Å². The van der Waals surface area contributed by atoms with Crippen molar-refractivity contribution in [1.29, 1.82) is 0 Å². The van der Waals surface area contributed by atoms with E-state index in [1.165, 1.54) is 5.30 Å². The molecule has 5 nitrogen and oxygen atoms in total. The summed E-state index contributed by atoms with van der Waals surface area (Å²) in [6, 6.07) is 8.62. The molecule has 130 valence electrons. The number of hydrogen-bond donors (Lipinski definition) is 0. The molecule has 3 rings (SSSR count). The van der Waals surface area contributed by atoms with Crippen LogP contribution >= 0.6 is 7.56 Å². The van der Waals surface area contributed by atoms with Crippen LogP contribution in [-0.4, -0.2) is 75.7 Å². The summed E-state index contributed by atoms with van der Waals surface area (Å²) < 4.78 is 21.7. The molecule has 0 aliphatic carbocycles. The molecule has 0 unspecified atom stereocenters. The Morgan fingerprint density at radius 3 is 1.70 bits per heavy atom. The van der Waals surface area contributed by atoms with Gasteiger partial charge in [-0.2, -0.15) is 9.34 Å². The fourth-order valence-electron chi connectivity index (χ4n) is 3.26. The molecule has 23 heavy (non-hydrogen) atoms. The number of methoxy groups -OCH3 is 1. The molecule has 0 amide bonds. The highest BCUT2D eigenvalue weighted by Gasteiger charge is 2.49. The molecule has 0 spiro atoms. The van der Waals surface area contributed by atoms with E-state index in [0.29, 0.717) is 0 Å². The average molecular weight is 452 g/mol. The van der Waals surface area contributed by atoms with E-state index in [2.05, 4.69) is 40.3 Å². The number of rotatable bonds is 4. The number of nitrogens with zero attached hydrogens (tertiary/aromatic N) is 2. The average Bonchev–Trinajstić information content (AvgIpc) is 2.62. The van der Waals surface area contributed by atoms with E-state index in [4.69, 9.17) is 14.2 Å². The Morgan fingerprint density at radius 1 is 0.870 bits per heavy atom. The lowest BCUT2D eigenvalue weighted by atomic mass is 10.3. The molecule has 2 aliphatic heterocycles. The summed E-state index contributed by atoms with van der Waals surface area (Å²) in [7, 11) is 0.164. The van der Waals surface area contributed by atoms with Gasteiger partial charge in [0.1, 0.15) is 11.1 Å². The van der Waals surface area contributed by atoms with Gasteiger partial charge in [-0.1, -0.05) is 0 Å². The van der Waals surface area contributed by atoms with E-state index in [1.54, 1.807) is 7.11 Å². The van der Waals surface area contributed by atoms with Crippen molar-refractivity contribution < 1.29 is 38.2 Å². The topological polar surface area (TPSA) is 34.2 Å². The molecule has 1 aromatic carbocycles. The molecular weight excluding hydrogens is 426 g/mol. The minimum absolute atomic E-state index is 0. The number of ether oxygens (including phenoxy) is 3. The molecule has 2 saturated heterocycles. The van der Waals surface area contributed by atoms with Crippen LogP contribution in [0.1, 0.15) is 0 Å². The van der Waals surface area contributed by atoms with Gasteiger partial charge in [0.25, 0.3) is 0 Å². The van der Waals surface area contributed by atoms with Gasteiger partial charge in [0.15, 0.2) is 7.56 Å². The Kier molecular flexibility index (Phi) is 7.51. The zero-order valence-corrected chi connectivity index (χ0v) is 17.0. The monoisotopic (exact) mass is 452 g/mol. The third kappa shape index (κ3) is 4.17. The third-order valence-electron chi connectivity index (χ3n) is 4.64. The largest absolute Gasteiger partial charge is 1.00 e. The smallest absolute Gasteiger partial charge is 0.183 e. The summed E-state index contributed by atoms with van der Waals surface area (Å²) in [5.74, 6) is 0.916. The van der Waals surface area contributed by atoms with Crippen LogP contribution in [0.5, 0.6) is 5.75 Å². The maximum atomic E-state index is 5.57. The minimum atomic E-state index is -1.55. The third-order valence-corrected chi connectivity index (χ3v) is 8.92.